The summed E-state index contributed by atoms with van der Waals surface area (Å²) in [5.41, 5.74) is 0.619. The van der Waals surface area contributed by atoms with Crippen molar-refractivity contribution in [3.05, 3.63) is 36.1 Å². The monoisotopic (exact) mass is 218 g/mol. The van der Waals surface area contributed by atoms with Gasteiger partial charge >= 0.3 is 5.97 Å². The first-order valence-electron chi connectivity index (χ1n) is 4.85. The Balaban J connectivity index is 2.26. The number of ether oxygens (including phenoxy) is 1. The van der Waals surface area contributed by atoms with Crippen molar-refractivity contribution >= 4 is 23.2 Å². The van der Waals surface area contributed by atoms with Gasteiger partial charge in [0.05, 0.1) is 0 Å². The third kappa shape index (κ3) is 1.95. The van der Waals surface area contributed by atoms with Crippen LogP contribution in [-0.4, -0.2) is 18.4 Å². The van der Waals surface area contributed by atoms with Gasteiger partial charge in [-0.05, 0) is 19.1 Å². The minimum absolute atomic E-state index is 0.106. The molecule has 2 aromatic rings. The number of fused-ring (bicyclic) bond motifs is 1. The van der Waals surface area contributed by atoms with Crippen LogP contribution in [0.4, 0.5) is 0 Å². The molecule has 0 aliphatic carbocycles. The van der Waals surface area contributed by atoms with E-state index in [0.717, 1.165) is 5.39 Å². The van der Waals surface area contributed by atoms with Crippen LogP contribution in [0.25, 0.3) is 11.0 Å². The molecule has 82 valence electrons. The number of para-hydroxylation sites is 1. The van der Waals surface area contributed by atoms with Crippen LogP contribution in [0, 0.1) is 0 Å². The number of rotatable bonds is 3. The maximum absolute atomic E-state index is 11.5. The Morgan fingerprint density at radius 2 is 2.19 bits per heavy atom. The predicted octanol–water partition coefficient (Wildman–Crippen LogP) is 2.18. The summed E-state index contributed by atoms with van der Waals surface area (Å²) in [6.07, 6.45) is -0.207. The van der Waals surface area contributed by atoms with E-state index in [1.54, 1.807) is 12.1 Å². The number of benzene rings is 1. The van der Waals surface area contributed by atoms with Crippen LogP contribution in [-0.2, 0) is 9.53 Å². The molecule has 4 heteroatoms. The van der Waals surface area contributed by atoms with Gasteiger partial charge in [0.1, 0.15) is 5.58 Å². The van der Waals surface area contributed by atoms with Crippen LogP contribution in [0.3, 0.4) is 0 Å². The molecule has 0 saturated carbocycles. The van der Waals surface area contributed by atoms with Gasteiger partial charge < -0.3 is 9.15 Å². The van der Waals surface area contributed by atoms with Crippen LogP contribution in [0.1, 0.15) is 17.5 Å². The summed E-state index contributed by atoms with van der Waals surface area (Å²) in [4.78, 5) is 21.8. The number of furan rings is 1. The molecule has 2 rings (SSSR count). The molecule has 1 atom stereocenters. The molecule has 0 amide bonds. The highest BCUT2D eigenvalue weighted by atomic mass is 16.6. The number of hydrogen-bond donors (Lipinski definition) is 0. The molecular formula is C12H10O4. The first-order chi connectivity index (χ1) is 7.70. The number of aldehydes is 1. The van der Waals surface area contributed by atoms with Crippen LogP contribution >= 0.6 is 0 Å². The topological polar surface area (TPSA) is 56.5 Å². The second kappa shape index (κ2) is 4.18. The maximum Gasteiger partial charge on any atom is 0.374 e. The average molecular weight is 218 g/mol. The molecule has 1 aromatic heterocycles. The fourth-order valence-electron chi connectivity index (χ4n) is 1.34. The van der Waals surface area contributed by atoms with Crippen molar-refractivity contribution in [2.75, 3.05) is 0 Å². The summed E-state index contributed by atoms with van der Waals surface area (Å²) < 4.78 is 10.1. The second-order valence-corrected chi connectivity index (χ2v) is 3.39. The number of hydrogen-bond acceptors (Lipinski definition) is 4. The molecule has 0 N–H and O–H groups in total. The largest absolute Gasteiger partial charge is 0.449 e. The summed E-state index contributed by atoms with van der Waals surface area (Å²) in [6, 6.07) is 8.85. The summed E-state index contributed by atoms with van der Waals surface area (Å²) in [5.74, 6) is -0.522. The molecule has 0 aliphatic heterocycles. The van der Waals surface area contributed by atoms with Crippen molar-refractivity contribution in [1.82, 2.24) is 0 Å². The van der Waals surface area contributed by atoms with E-state index in [1.165, 1.54) is 6.92 Å². The molecule has 0 bridgehead atoms. The van der Waals surface area contributed by atoms with Crippen molar-refractivity contribution in [2.24, 2.45) is 0 Å². The molecule has 16 heavy (non-hydrogen) atoms. The van der Waals surface area contributed by atoms with E-state index in [0.29, 0.717) is 11.9 Å². The van der Waals surface area contributed by atoms with Crippen molar-refractivity contribution in [1.29, 1.82) is 0 Å². The van der Waals surface area contributed by atoms with Crippen molar-refractivity contribution in [3.63, 3.8) is 0 Å². The Labute approximate surface area is 91.8 Å². The quantitative estimate of drug-likeness (QED) is 0.585. The number of carbonyl (C=O) groups excluding carboxylic acids is 2. The fraction of sp³-hybridized carbons (Fsp3) is 0.167. The summed E-state index contributed by atoms with van der Waals surface area (Å²) >= 11 is 0. The van der Waals surface area contributed by atoms with E-state index in [1.807, 2.05) is 18.2 Å². The van der Waals surface area contributed by atoms with Crippen LogP contribution < -0.4 is 0 Å². The molecular weight excluding hydrogens is 208 g/mol. The highest BCUT2D eigenvalue weighted by Crippen LogP contribution is 2.19. The van der Waals surface area contributed by atoms with Crippen LogP contribution in [0.5, 0.6) is 0 Å². The molecule has 0 fully saturated rings. The third-order valence-electron chi connectivity index (χ3n) is 2.11. The molecule has 1 heterocycles. The van der Waals surface area contributed by atoms with Gasteiger partial charge in [-0.3, -0.25) is 4.79 Å². The lowest BCUT2D eigenvalue weighted by Crippen LogP contribution is -2.15. The standard InChI is InChI=1S/C12H10O4/c1-8(7-13)15-12(14)11-6-9-4-2-3-5-10(9)16-11/h2-8H,1H3. The van der Waals surface area contributed by atoms with Gasteiger partial charge in [-0.1, -0.05) is 18.2 Å². The van der Waals surface area contributed by atoms with Gasteiger partial charge in [0, 0.05) is 5.39 Å². The van der Waals surface area contributed by atoms with Crippen LogP contribution in [0.15, 0.2) is 34.7 Å². The number of esters is 1. The Morgan fingerprint density at radius 1 is 1.44 bits per heavy atom. The summed E-state index contributed by atoms with van der Waals surface area (Å²) in [6.45, 7) is 1.49. The van der Waals surface area contributed by atoms with Gasteiger partial charge in [-0.15, -0.1) is 0 Å². The van der Waals surface area contributed by atoms with Gasteiger partial charge in [-0.25, -0.2) is 4.79 Å². The maximum atomic E-state index is 11.5. The smallest absolute Gasteiger partial charge is 0.374 e. The highest BCUT2D eigenvalue weighted by Gasteiger charge is 2.15. The second-order valence-electron chi connectivity index (χ2n) is 3.39. The lowest BCUT2D eigenvalue weighted by atomic mass is 10.2. The molecule has 0 aliphatic rings. The Bertz CT molecular complexity index is 494. The van der Waals surface area contributed by atoms with Gasteiger partial charge in [-0.2, -0.15) is 0 Å². The first kappa shape index (κ1) is 10.4. The van der Waals surface area contributed by atoms with E-state index in [-0.39, 0.29) is 5.76 Å². The minimum Gasteiger partial charge on any atom is -0.449 e. The zero-order chi connectivity index (χ0) is 11.5. The zero-order valence-electron chi connectivity index (χ0n) is 8.67. The Hall–Kier alpha value is -2.10. The van der Waals surface area contributed by atoms with E-state index in [2.05, 4.69) is 0 Å². The Kier molecular flexibility index (Phi) is 2.72. The van der Waals surface area contributed by atoms with Gasteiger partial charge in [0.15, 0.2) is 12.4 Å². The molecule has 1 aromatic carbocycles. The molecule has 0 spiro atoms. The predicted molar refractivity (Wildman–Crippen MR) is 57.2 cm³/mol. The summed E-state index contributed by atoms with van der Waals surface area (Å²) in [7, 11) is 0. The van der Waals surface area contributed by atoms with Gasteiger partial charge in [0.2, 0.25) is 5.76 Å². The minimum atomic E-state index is -0.763. The Morgan fingerprint density at radius 3 is 2.88 bits per heavy atom. The molecule has 0 saturated heterocycles. The third-order valence-corrected chi connectivity index (χ3v) is 2.11. The first-order valence-corrected chi connectivity index (χ1v) is 4.85. The van der Waals surface area contributed by atoms with Crippen molar-refractivity contribution < 1.29 is 18.7 Å². The lowest BCUT2D eigenvalue weighted by molar-refractivity contribution is -0.114. The van der Waals surface area contributed by atoms with Crippen molar-refractivity contribution in [3.8, 4) is 0 Å². The molecule has 0 radical (unpaired) electrons. The summed E-state index contributed by atoms with van der Waals surface area (Å²) in [5, 5.41) is 0.827. The zero-order valence-corrected chi connectivity index (χ0v) is 8.67. The SMILES string of the molecule is CC(C=O)OC(=O)c1cc2ccccc2o1. The van der Waals surface area contributed by atoms with E-state index in [4.69, 9.17) is 9.15 Å². The normalized spacial score (nSPS) is 12.3. The van der Waals surface area contributed by atoms with E-state index in [9.17, 15) is 9.59 Å². The number of carbonyl (C=O) groups is 2. The molecule has 1 unspecified atom stereocenters. The van der Waals surface area contributed by atoms with Crippen LogP contribution in [0.2, 0.25) is 0 Å². The fourth-order valence-corrected chi connectivity index (χ4v) is 1.34. The van der Waals surface area contributed by atoms with Gasteiger partial charge in [0.25, 0.3) is 0 Å². The van der Waals surface area contributed by atoms with Crippen molar-refractivity contribution in [2.45, 2.75) is 13.0 Å². The van der Waals surface area contributed by atoms with E-state index < -0.39 is 12.1 Å². The molecule has 4 nitrogen and oxygen atoms in total. The van der Waals surface area contributed by atoms with E-state index >= 15 is 0 Å². The highest BCUT2D eigenvalue weighted by molar-refractivity contribution is 5.93. The average Bonchev–Trinajstić information content (AvgIpc) is 2.72. The lowest BCUT2D eigenvalue weighted by Gasteiger charge is -2.03.